The molecule has 392 valence electrons. The highest BCUT2D eigenvalue weighted by molar-refractivity contribution is 5.71. The van der Waals surface area contributed by atoms with Gasteiger partial charge in [-0.25, -0.2) is 0 Å². The van der Waals surface area contributed by atoms with Gasteiger partial charge in [0.1, 0.15) is 13.2 Å². The van der Waals surface area contributed by atoms with Crippen molar-refractivity contribution in [2.75, 3.05) is 13.2 Å². The van der Waals surface area contributed by atoms with Gasteiger partial charge in [-0.2, -0.15) is 0 Å². The Morgan fingerprint density at radius 1 is 0.294 bits per heavy atom. The Kier molecular flexibility index (Phi) is 53.8. The van der Waals surface area contributed by atoms with E-state index in [4.69, 9.17) is 14.2 Å². The van der Waals surface area contributed by atoms with E-state index in [2.05, 4.69) is 93.7 Å². The van der Waals surface area contributed by atoms with Crippen LogP contribution in [0.25, 0.3) is 0 Å². The third kappa shape index (κ3) is 53.8. The van der Waals surface area contributed by atoms with Crippen molar-refractivity contribution in [2.24, 2.45) is 0 Å². The summed E-state index contributed by atoms with van der Waals surface area (Å²) >= 11 is 0. The molecular formula is C62H108O6. The van der Waals surface area contributed by atoms with E-state index in [1.165, 1.54) is 148 Å². The highest BCUT2D eigenvalue weighted by atomic mass is 16.6. The van der Waals surface area contributed by atoms with Gasteiger partial charge >= 0.3 is 17.9 Å². The van der Waals surface area contributed by atoms with Crippen molar-refractivity contribution in [1.29, 1.82) is 0 Å². The molecule has 0 aromatic heterocycles. The molecule has 0 aromatic rings. The number of carbonyl (C=O) groups is 3. The van der Waals surface area contributed by atoms with Gasteiger partial charge in [0.05, 0.1) is 0 Å². The van der Waals surface area contributed by atoms with Crippen LogP contribution in [0.2, 0.25) is 0 Å². The predicted molar refractivity (Wildman–Crippen MR) is 293 cm³/mol. The molecular weight excluding hydrogens is 841 g/mol. The molecule has 0 aliphatic rings. The molecule has 6 heteroatoms. The maximum absolute atomic E-state index is 12.8. The lowest BCUT2D eigenvalue weighted by Crippen LogP contribution is -2.30. The van der Waals surface area contributed by atoms with E-state index >= 15 is 0 Å². The molecule has 0 aliphatic heterocycles. The molecule has 0 N–H and O–H groups in total. The Morgan fingerprint density at radius 2 is 0.529 bits per heavy atom. The van der Waals surface area contributed by atoms with E-state index in [1.807, 2.05) is 0 Å². The smallest absolute Gasteiger partial charge is 0.306 e. The van der Waals surface area contributed by atoms with Crippen LogP contribution in [-0.2, 0) is 28.6 Å². The molecule has 0 bridgehead atoms. The number of esters is 3. The van der Waals surface area contributed by atoms with Crippen LogP contribution in [0, 0.1) is 0 Å². The van der Waals surface area contributed by atoms with Crippen LogP contribution in [0.1, 0.15) is 284 Å². The van der Waals surface area contributed by atoms with Crippen molar-refractivity contribution in [1.82, 2.24) is 0 Å². The Hall–Kier alpha value is -3.15. The van der Waals surface area contributed by atoms with Crippen LogP contribution >= 0.6 is 0 Å². The second kappa shape index (κ2) is 56.4. The lowest BCUT2D eigenvalue weighted by Gasteiger charge is -2.18. The highest BCUT2D eigenvalue weighted by Gasteiger charge is 2.19. The van der Waals surface area contributed by atoms with Crippen LogP contribution < -0.4 is 0 Å². The van der Waals surface area contributed by atoms with Gasteiger partial charge in [0, 0.05) is 19.3 Å². The molecule has 0 aliphatic carbocycles. The average molecular weight is 950 g/mol. The summed E-state index contributed by atoms with van der Waals surface area (Å²) in [5.41, 5.74) is 0. The monoisotopic (exact) mass is 949 g/mol. The lowest BCUT2D eigenvalue weighted by molar-refractivity contribution is -0.167. The van der Waals surface area contributed by atoms with Gasteiger partial charge in [0.2, 0.25) is 0 Å². The molecule has 0 heterocycles. The second-order valence-corrected chi connectivity index (χ2v) is 19.2. The van der Waals surface area contributed by atoms with E-state index in [9.17, 15) is 14.4 Å². The van der Waals surface area contributed by atoms with Crippen molar-refractivity contribution in [2.45, 2.75) is 290 Å². The summed E-state index contributed by atoms with van der Waals surface area (Å²) in [4.78, 5) is 38.1. The Bertz CT molecular complexity index is 1270. The van der Waals surface area contributed by atoms with Gasteiger partial charge in [-0.3, -0.25) is 14.4 Å². The SMILES string of the molecule is CCCCC/C=C\C/C=C\C/C=C\CCCCCCC(=O)O[C@H](COC(=O)CCCC/C=C\C/C=C\C/C=C\CCCCC)COC(=O)CCCCCCCCCCCCCCCCCCCC. The predicted octanol–water partition coefficient (Wildman–Crippen LogP) is 19.4. The number of carbonyl (C=O) groups excluding carboxylic acids is 3. The summed E-state index contributed by atoms with van der Waals surface area (Å²) in [6.07, 6.45) is 71.8. The first-order valence-electron chi connectivity index (χ1n) is 28.9. The number of ether oxygens (including phenoxy) is 3. The van der Waals surface area contributed by atoms with Crippen LogP contribution in [-0.4, -0.2) is 37.2 Å². The third-order valence-corrected chi connectivity index (χ3v) is 12.4. The summed E-state index contributed by atoms with van der Waals surface area (Å²) in [5, 5.41) is 0. The zero-order chi connectivity index (χ0) is 49.3. The summed E-state index contributed by atoms with van der Waals surface area (Å²) in [6.45, 7) is 6.56. The number of hydrogen-bond acceptors (Lipinski definition) is 6. The van der Waals surface area contributed by atoms with Gasteiger partial charge in [0.25, 0.3) is 0 Å². The Balaban J connectivity index is 4.45. The second-order valence-electron chi connectivity index (χ2n) is 19.2. The molecule has 0 saturated heterocycles. The maximum Gasteiger partial charge on any atom is 0.306 e. The van der Waals surface area contributed by atoms with Gasteiger partial charge in [-0.15, -0.1) is 0 Å². The van der Waals surface area contributed by atoms with E-state index in [-0.39, 0.29) is 31.1 Å². The van der Waals surface area contributed by atoms with Crippen LogP contribution in [0.5, 0.6) is 0 Å². The van der Waals surface area contributed by atoms with Crippen molar-refractivity contribution >= 4 is 17.9 Å². The third-order valence-electron chi connectivity index (χ3n) is 12.4. The topological polar surface area (TPSA) is 78.9 Å². The summed E-state index contributed by atoms with van der Waals surface area (Å²) in [7, 11) is 0. The first kappa shape index (κ1) is 64.8. The number of hydrogen-bond donors (Lipinski definition) is 0. The van der Waals surface area contributed by atoms with Crippen LogP contribution in [0.3, 0.4) is 0 Å². The van der Waals surface area contributed by atoms with Crippen molar-refractivity contribution in [3.8, 4) is 0 Å². The fourth-order valence-corrected chi connectivity index (χ4v) is 8.04. The summed E-state index contributed by atoms with van der Waals surface area (Å²) in [5.74, 6) is -0.947. The van der Waals surface area contributed by atoms with Crippen molar-refractivity contribution in [3.63, 3.8) is 0 Å². The zero-order valence-corrected chi connectivity index (χ0v) is 44.9. The Morgan fingerprint density at radius 3 is 0.882 bits per heavy atom. The van der Waals surface area contributed by atoms with E-state index < -0.39 is 6.10 Å². The standard InChI is InChI=1S/C62H108O6/c1-4-7-10-13-16-19-22-25-28-30-32-34-37-40-43-46-49-52-55-61(64)67-58-59(57-66-60(63)54-51-48-45-42-39-36-33-27-24-21-18-15-12-9-6-3)68-62(65)56-53-50-47-44-41-38-35-31-29-26-23-20-17-14-11-8-5-2/h17-18,20-21,26-27,29,33,35,38-39,42,59H,4-16,19,22-25,28,30-32,34,36-37,40-41,43-58H2,1-3H3/b20-17-,21-18-,29-26-,33-27-,38-35-,42-39-/t59-/m1/s1. The quantitative estimate of drug-likeness (QED) is 0.0262. The zero-order valence-electron chi connectivity index (χ0n) is 44.9. The number of allylic oxidation sites excluding steroid dienone is 12. The molecule has 0 fully saturated rings. The minimum absolute atomic E-state index is 0.0946. The summed E-state index contributed by atoms with van der Waals surface area (Å²) in [6, 6.07) is 0. The molecule has 0 rings (SSSR count). The van der Waals surface area contributed by atoms with Gasteiger partial charge < -0.3 is 14.2 Å². The Labute approximate surface area is 421 Å². The van der Waals surface area contributed by atoms with Crippen molar-refractivity contribution < 1.29 is 28.6 Å². The molecule has 68 heavy (non-hydrogen) atoms. The highest BCUT2D eigenvalue weighted by Crippen LogP contribution is 2.16. The number of rotatable bonds is 52. The van der Waals surface area contributed by atoms with E-state index in [1.54, 1.807) is 0 Å². The minimum Gasteiger partial charge on any atom is -0.462 e. The molecule has 0 radical (unpaired) electrons. The van der Waals surface area contributed by atoms with Crippen LogP contribution in [0.4, 0.5) is 0 Å². The van der Waals surface area contributed by atoms with E-state index in [0.717, 1.165) is 96.3 Å². The summed E-state index contributed by atoms with van der Waals surface area (Å²) < 4.78 is 16.8. The normalized spacial score (nSPS) is 12.6. The minimum atomic E-state index is -0.802. The fourth-order valence-electron chi connectivity index (χ4n) is 8.04. The lowest BCUT2D eigenvalue weighted by atomic mass is 10.0. The van der Waals surface area contributed by atoms with E-state index in [0.29, 0.717) is 19.3 Å². The van der Waals surface area contributed by atoms with Crippen molar-refractivity contribution in [3.05, 3.63) is 72.9 Å². The molecule has 1 atom stereocenters. The van der Waals surface area contributed by atoms with Crippen LogP contribution in [0.15, 0.2) is 72.9 Å². The molecule has 0 unspecified atom stereocenters. The van der Waals surface area contributed by atoms with Gasteiger partial charge in [-0.05, 0) is 96.3 Å². The average Bonchev–Trinajstić information content (AvgIpc) is 3.34. The maximum atomic E-state index is 12.8. The molecule has 0 spiro atoms. The first-order chi connectivity index (χ1) is 33.5. The molecule has 0 saturated carbocycles. The fraction of sp³-hybridized carbons (Fsp3) is 0.758. The first-order valence-corrected chi connectivity index (χ1v) is 28.9. The molecule has 0 aromatic carbocycles. The largest absolute Gasteiger partial charge is 0.462 e. The van der Waals surface area contributed by atoms with Gasteiger partial charge in [0.15, 0.2) is 6.10 Å². The van der Waals surface area contributed by atoms with Gasteiger partial charge in [-0.1, -0.05) is 241 Å². The number of unbranched alkanes of at least 4 members (excludes halogenated alkanes) is 29. The molecule has 6 nitrogen and oxygen atoms in total. The molecule has 0 amide bonds.